The van der Waals surface area contributed by atoms with E-state index in [9.17, 15) is 4.79 Å². The Bertz CT molecular complexity index is 398. The second-order valence-electron chi connectivity index (χ2n) is 3.47. The zero-order valence-electron chi connectivity index (χ0n) is 10.1. The monoisotopic (exact) mass is 317 g/mol. The quantitative estimate of drug-likeness (QED) is 0.472. The van der Waals surface area contributed by atoms with Crippen molar-refractivity contribution in [2.75, 3.05) is 39.3 Å². The summed E-state index contributed by atoms with van der Waals surface area (Å²) in [5, 5.41) is 0. The first-order valence-electron chi connectivity index (χ1n) is 5.44. The maximum atomic E-state index is 11.7. The van der Waals surface area contributed by atoms with Crippen molar-refractivity contribution >= 4 is 27.6 Å². The average Bonchev–Trinajstić information content (AvgIpc) is 2.36. The highest BCUT2D eigenvalue weighted by Gasteiger charge is 2.11. The summed E-state index contributed by atoms with van der Waals surface area (Å²) in [6, 6.07) is 5.04. The van der Waals surface area contributed by atoms with Gasteiger partial charge in [-0.3, -0.25) is 0 Å². The van der Waals surface area contributed by atoms with Crippen LogP contribution in [-0.4, -0.2) is 39.5 Å². The molecule has 1 rings (SSSR count). The van der Waals surface area contributed by atoms with Crippen molar-refractivity contribution in [3.63, 3.8) is 0 Å². The topological polar surface area (TPSA) is 70.8 Å². The van der Waals surface area contributed by atoms with Crippen molar-refractivity contribution in [3.8, 4) is 0 Å². The highest BCUT2D eigenvalue weighted by molar-refractivity contribution is 9.10. The highest BCUT2D eigenvalue weighted by Crippen LogP contribution is 2.19. The number of methoxy groups -OCH3 is 1. The van der Waals surface area contributed by atoms with Crippen molar-refractivity contribution in [1.29, 1.82) is 0 Å². The van der Waals surface area contributed by atoms with Crippen LogP contribution in [0, 0.1) is 0 Å². The molecule has 0 saturated carbocycles. The van der Waals surface area contributed by atoms with Crippen molar-refractivity contribution in [2.45, 2.75) is 0 Å². The molecule has 0 aliphatic heterocycles. The van der Waals surface area contributed by atoms with E-state index in [0.29, 0.717) is 31.1 Å². The van der Waals surface area contributed by atoms with Crippen molar-refractivity contribution in [3.05, 3.63) is 28.2 Å². The van der Waals surface area contributed by atoms with Gasteiger partial charge >= 0.3 is 5.97 Å². The molecular formula is C12H16BrNO4. The number of nitrogen functional groups attached to an aromatic ring is 1. The predicted octanol–water partition coefficient (Wildman–Crippen LogP) is 1.85. The number of halogens is 1. The molecule has 0 bridgehead atoms. The minimum atomic E-state index is -0.454. The zero-order chi connectivity index (χ0) is 13.4. The smallest absolute Gasteiger partial charge is 0.340 e. The van der Waals surface area contributed by atoms with E-state index in [4.69, 9.17) is 19.9 Å². The summed E-state index contributed by atoms with van der Waals surface area (Å²) in [4.78, 5) is 11.7. The number of nitrogens with two attached hydrogens (primary N) is 1. The molecule has 0 unspecified atom stereocenters. The first-order valence-corrected chi connectivity index (χ1v) is 6.23. The van der Waals surface area contributed by atoms with E-state index in [1.54, 1.807) is 25.3 Å². The molecule has 0 spiro atoms. The Hall–Kier alpha value is -1.11. The van der Waals surface area contributed by atoms with Gasteiger partial charge in [-0.1, -0.05) is 15.9 Å². The Kier molecular flexibility index (Phi) is 6.70. The lowest BCUT2D eigenvalue weighted by Crippen LogP contribution is -2.13. The van der Waals surface area contributed by atoms with Gasteiger partial charge in [0.25, 0.3) is 0 Å². The van der Waals surface area contributed by atoms with E-state index >= 15 is 0 Å². The summed E-state index contributed by atoms with van der Waals surface area (Å²) in [5.41, 5.74) is 6.43. The Morgan fingerprint density at radius 2 is 2.00 bits per heavy atom. The molecule has 1 aromatic carbocycles. The molecule has 0 heterocycles. The summed E-state index contributed by atoms with van der Waals surface area (Å²) in [6.07, 6.45) is 0. The highest BCUT2D eigenvalue weighted by atomic mass is 79.9. The van der Waals surface area contributed by atoms with Gasteiger partial charge in [0.15, 0.2) is 0 Å². The third kappa shape index (κ3) is 5.03. The van der Waals surface area contributed by atoms with Crippen LogP contribution in [0.2, 0.25) is 0 Å². The molecule has 2 N–H and O–H groups in total. The van der Waals surface area contributed by atoms with Gasteiger partial charge in [0.2, 0.25) is 0 Å². The number of hydrogen-bond donors (Lipinski definition) is 1. The van der Waals surface area contributed by atoms with E-state index in [1.807, 2.05) is 0 Å². The first kappa shape index (κ1) is 14.9. The predicted molar refractivity (Wildman–Crippen MR) is 71.5 cm³/mol. The Labute approximate surface area is 114 Å². The minimum absolute atomic E-state index is 0.189. The largest absolute Gasteiger partial charge is 0.460 e. The molecule has 6 heteroatoms. The molecule has 0 aromatic heterocycles. The molecule has 0 radical (unpaired) electrons. The Morgan fingerprint density at radius 1 is 1.28 bits per heavy atom. The molecule has 0 atom stereocenters. The molecular weight excluding hydrogens is 302 g/mol. The van der Waals surface area contributed by atoms with Gasteiger partial charge in [-0.15, -0.1) is 0 Å². The average molecular weight is 318 g/mol. The summed E-state index contributed by atoms with van der Waals surface area (Å²) < 4.78 is 15.8. The summed E-state index contributed by atoms with van der Waals surface area (Å²) >= 11 is 3.27. The molecule has 1 aromatic rings. The van der Waals surface area contributed by atoms with Gasteiger partial charge in [-0.25, -0.2) is 4.79 Å². The summed E-state index contributed by atoms with van der Waals surface area (Å²) in [5.74, 6) is -0.454. The van der Waals surface area contributed by atoms with Crippen LogP contribution in [0.4, 0.5) is 5.69 Å². The number of ether oxygens (including phenoxy) is 3. The molecule has 0 saturated heterocycles. The molecule has 0 amide bonds. The number of hydrogen-bond acceptors (Lipinski definition) is 5. The number of carbonyl (C=O) groups is 1. The fraction of sp³-hybridized carbons (Fsp3) is 0.417. The van der Waals surface area contributed by atoms with Crippen LogP contribution < -0.4 is 5.73 Å². The third-order valence-electron chi connectivity index (χ3n) is 2.13. The molecule has 0 aliphatic rings. The van der Waals surface area contributed by atoms with Crippen molar-refractivity contribution in [1.82, 2.24) is 0 Å². The maximum absolute atomic E-state index is 11.7. The zero-order valence-corrected chi connectivity index (χ0v) is 11.7. The molecule has 0 aliphatic carbocycles. The van der Waals surface area contributed by atoms with E-state index in [2.05, 4.69) is 15.9 Å². The normalized spacial score (nSPS) is 10.3. The standard InChI is InChI=1S/C12H16BrNO4/c1-16-4-5-17-6-7-18-12(15)10-8-9(13)2-3-11(10)14/h2-3,8H,4-7,14H2,1H3. The van der Waals surface area contributed by atoms with Gasteiger partial charge in [-0.2, -0.15) is 0 Å². The van der Waals surface area contributed by atoms with Crippen LogP contribution in [0.1, 0.15) is 10.4 Å². The molecule has 18 heavy (non-hydrogen) atoms. The fourth-order valence-corrected chi connectivity index (χ4v) is 1.58. The third-order valence-corrected chi connectivity index (χ3v) is 2.62. The number of benzene rings is 1. The van der Waals surface area contributed by atoms with Crippen LogP contribution in [0.25, 0.3) is 0 Å². The first-order chi connectivity index (χ1) is 8.65. The second kappa shape index (κ2) is 8.07. The molecule has 0 fully saturated rings. The molecule has 5 nitrogen and oxygen atoms in total. The number of rotatable bonds is 7. The SMILES string of the molecule is COCCOCCOC(=O)c1cc(Br)ccc1N. The molecule has 100 valence electrons. The van der Waals surface area contributed by atoms with E-state index < -0.39 is 5.97 Å². The maximum Gasteiger partial charge on any atom is 0.340 e. The second-order valence-corrected chi connectivity index (χ2v) is 4.39. The van der Waals surface area contributed by atoms with Crippen LogP contribution >= 0.6 is 15.9 Å². The number of anilines is 1. The van der Waals surface area contributed by atoms with Gasteiger partial charge in [0, 0.05) is 17.3 Å². The van der Waals surface area contributed by atoms with Crippen LogP contribution in [-0.2, 0) is 14.2 Å². The van der Waals surface area contributed by atoms with Crippen molar-refractivity contribution in [2.24, 2.45) is 0 Å². The van der Waals surface area contributed by atoms with E-state index in [0.717, 1.165) is 4.47 Å². The van der Waals surface area contributed by atoms with Gasteiger partial charge < -0.3 is 19.9 Å². The van der Waals surface area contributed by atoms with Gasteiger partial charge in [-0.05, 0) is 18.2 Å². The number of esters is 1. The van der Waals surface area contributed by atoms with Crippen molar-refractivity contribution < 1.29 is 19.0 Å². The van der Waals surface area contributed by atoms with Gasteiger partial charge in [0.1, 0.15) is 6.61 Å². The lowest BCUT2D eigenvalue weighted by atomic mass is 10.2. The van der Waals surface area contributed by atoms with Crippen LogP contribution in [0.3, 0.4) is 0 Å². The van der Waals surface area contributed by atoms with E-state index in [-0.39, 0.29) is 6.61 Å². The van der Waals surface area contributed by atoms with E-state index in [1.165, 1.54) is 0 Å². The van der Waals surface area contributed by atoms with Gasteiger partial charge in [0.05, 0.1) is 25.4 Å². The Morgan fingerprint density at radius 3 is 2.72 bits per heavy atom. The lowest BCUT2D eigenvalue weighted by molar-refractivity contribution is 0.0214. The van der Waals surface area contributed by atoms with Crippen LogP contribution in [0.15, 0.2) is 22.7 Å². The lowest BCUT2D eigenvalue weighted by Gasteiger charge is -2.08. The Balaban J connectivity index is 2.34. The number of carbonyl (C=O) groups excluding carboxylic acids is 1. The summed E-state index contributed by atoms with van der Waals surface area (Å²) in [7, 11) is 1.60. The van der Waals surface area contributed by atoms with Crippen LogP contribution in [0.5, 0.6) is 0 Å². The summed E-state index contributed by atoms with van der Waals surface area (Å²) in [6.45, 7) is 1.52. The minimum Gasteiger partial charge on any atom is -0.460 e. The fourth-order valence-electron chi connectivity index (χ4n) is 1.22.